The van der Waals surface area contributed by atoms with Gasteiger partial charge in [-0.25, -0.2) is 0 Å². The lowest BCUT2D eigenvalue weighted by Gasteiger charge is -2.25. The summed E-state index contributed by atoms with van der Waals surface area (Å²) >= 11 is 0. The maximum atomic E-state index is 12.3. The van der Waals surface area contributed by atoms with Crippen molar-refractivity contribution in [1.82, 2.24) is 4.90 Å². The van der Waals surface area contributed by atoms with Crippen LogP contribution in [-0.4, -0.2) is 36.5 Å². The molecule has 0 aliphatic heterocycles. The molecule has 1 aromatic carbocycles. The van der Waals surface area contributed by atoms with Crippen LogP contribution in [0.25, 0.3) is 0 Å². The molecule has 1 aromatic rings. The van der Waals surface area contributed by atoms with Gasteiger partial charge in [0.05, 0.1) is 13.5 Å². The molecule has 1 amide bonds. The summed E-state index contributed by atoms with van der Waals surface area (Å²) in [6, 6.07) is 5.95. The molecule has 0 aromatic heterocycles. The predicted octanol–water partition coefficient (Wildman–Crippen LogP) is 2.26. The van der Waals surface area contributed by atoms with Crippen molar-refractivity contribution in [2.75, 3.05) is 13.7 Å². The van der Waals surface area contributed by atoms with Gasteiger partial charge in [0.2, 0.25) is 5.91 Å². The number of hydrogen-bond acceptors (Lipinski definition) is 3. The molecule has 0 aliphatic rings. The van der Waals surface area contributed by atoms with Gasteiger partial charge in [0.25, 0.3) is 0 Å². The van der Waals surface area contributed by atoms with Crippen LogP contribution in [0.15, 0.2) is 18.2 Å². The van der Waals surface area contributed by atoms with Gasteiger partial charge in [0.1, 0.15) is 6.54 Å². The van der Waals surface area contributed by atoms with Gasteiger partial charge >= 0.3 is 5.97 Å². The van der Waals surface area contributed by atoms with Crippen LogP contribution in [0.4, 0.5) is 0 Å². The van der Waals surface area contributed by atoms with Gasteiger partial charge in [0, 0.05) is 6.04 Å². The minimum atomic E-state index is -0.396. The number of carbonyl (C=O) groups is 2. The summed E-state index contributed by atoms with van der Waals surface area (Å²) in [4.78, 5) is 25.2. The van der Waals surface area contributed by atoms with Gasteiger partial charge in [-0.3, -0.25) is 9.59 Å². The summed E-state index contributed by atoms with van der Waals surface area (Å²) in [5, 5.41) is 0. The highest BCUT2D eigenvalue weighted by Gasteiger charge is 2.20. The van der Waals surface area contributed by atoms with E-state index < -0.39 is 5.97 Å². The van der Waals surface area contributed by atoms with E-state index in [1.54, 1.807) is 4.90 Å². The number of amides is 1. The topological polar surface area (TPSA) is 46.6 Å². The number of carbonyl (C=O) groups excluding carboxylic acids is 2. The molecule has 4 heteroatoms. The summed E-state index contributed by atoms with van der Waals surface area (Å²) in [7, 11) is 1.33. The first-order valence-corrected chi connectivity index (χ1v) is 6.77. The Balaban J connectivity index is 2.80. The van der Waals surface area contributed by atoms with Crippen molar-refractivity contribution in [2.24, 2.45) is 0 Å². The van der Waals surface area contributed by atoms with Gasteiger partial charge in [-0.2, -0.15) is 0 Å². The first-order valence-electron chi connectivity index (χ1n) is 6.77. The average Bonchev–Trinajstić information content (AvgIpc) is 2.39. The van der Waals surface area contributed by atoms with Crippen LogP contribution in [0.1, 0.15) is 30.5 Å². The van der Waals surface area contributed by atoms with E-state index in [0.29, 0.717) is 6.42 Å². The normalized spacial score (nSPS) is 10.5. The Morgan fingerprint density at radius 2 is 1.85 bits per heavy atom. The second-order valence-corrected chi connectivity index (χ2v) is 5.29. The standard InChI is InChI=1S/C16H23NO3/c1-11(2)17(10-16(19)20-5)15(18)9-14-7-6-12(3)13(4)8-14/h6-8,11H,9-10H2,1-5H3. The lowest BCUT2D eigenvalue weighted by molar-refractivity contribution is -0.148. The monoisotopic (exact) mass is 277 g/mol. The SMILES string of the molecule is COC(=O)CN(C(=O)Cc1ccc(C)c(C)c1)C(C)C. The third-order valence-electron chi connectivity index (χ3n) is 3.40. The van der Waals surface area contributed by atoms with Crippen LogP contribution in [0.2, 0.25) is 0 Å². The maximum Gasteiger partial charge on any atom is 0.325 e. The highest BCUT2D eigenvalue weighted by molar-refractivity contribution is 5.83. The summed E-state index contributed by atoms with van der Waals surface area (Å²) < 4.78 is 4.63. The van der Waals surface area contributed by atoms with Crippen molar-refractivity contribution in [1.29, 1.82) is 0 Å². The molecular formula is C16H23NO3. The van der Waals surface area contributed by atoms with Crippen molar-refractivity contribution in [3.05, 3.63) is 34.9 Å². The van der Waals surface area contributed by atoms with Gasteiger partial charge in [0.15, 0.2) is 0 Å². The molecule has 4 nitrogen and oxygen atoms in total. The molecule has 20 heavy (non-hydrogen) atoms. The highest BCUT2D eigenvalue weighted by Crippen LogP contribution is 2.12. The number of esters is 1. The number of aryl methyl sites for hydroxylation is 2. The van der Waals surface area contributed by atoms with E-state index in [1.807, 2.05) is 45.9 Å². The Labute approximate surface area is 120 Å². The first-order chi connectivity index (χ1) is 9.35. The van der Waals surface area contributed by atoms with Gasteiger partial charge in [-0.05, 0) is 44.4 Å². The third-order valence-corrected chi connectivity index (χ3v) is 3.40. The number of methoxy groups -OCH3 is 1. The van der Waals surface area contributed by atoms with E-state index in [1.165, 1.54) is 18.2 Å². The Kier molecular flexibility index (Phi) is 5.74. The lowest BCUT2D eigenvalue weighted by Crippen LogP contribution is -2.41. The molecule has 0 fully saturated rings. The fourth-order valence-corrected chi connectivity index (χ4v) is 1.95. The van der Waals surface area contributed by atoms with E-state index >= 15 is 0 Å². The van der Waals surface area contributed by atoms with Crippen molar-refractivity contribution in [3.63, 3.8) is 0 Å². The van der Waals surface area contributed by atoms with Crippen molar-refractivity contribution in [2.45, 2.75) is 40.2 Å². The zero-order valence-electron chi connectivity index (χ0n) is 12.9. The number of ether oxygens (including phenoxy) is 1. The maximum absolute atomic E-state index is 12.3. The smallest absolute Gasteiger partial charge is 0.325 e. The van der Waals surface area contributed by atoms with E-state index in [4.69, 9.17) is 0 Å². The molecule has 1 rings (SSSR count). The number of hydrogen-bond donors (Lipinski definition) is 0. The minimum Gasteiger partial charge on any atom is -0.468 e. The van der Waals surface area contributed by atoms with Crippen molar-refractivity contribution in [3.8, 4) is 0 Å². The largest absolute Gasteiger partial charge is 0.468 e. The van der Waals surface area contributed by atoms with E-state index in [-0.39, 0.29) is 18.5 Å². The molecule has 0 saturated heterocycles. The van der Waals surface area contributed by atoms with Crippen LogP contribution in [-0.2, 0) is 20.7 Å². The molecule has 0 radical (unpaired) electrons. The van der Waals surface area contributed by atoms with E-state index in [0.717, 1.165) is 5.56 Å². The first kappa shape index (κ1) is 16.2. The molecular weight excluding hydrogens is 254 g/mol. The summed E-state index contributed by atoms with van der Waals surface area (Å²) in [5.74, 6) is -0.458. The predicted molar refractivity (Wildman–Crippen MR) is 78.5 cm³/mol. The second kappa shape index (κ2) is 7.08. The van der Waals surface area contributed by atoms with Crippen LogP contribution in [0.3, 0.4) is 0 Å². The van der Waals surface area contributed by atoms with Gasteiger partial charge < -0.3 is 9.64 Å². The van der Waals surface area contributed by atoms with Crippen LogP contribution in [0, 0.1) is 13.8 Å². The Morgan fingerprint density at radius 3 is 2.35 bits per heavy atom. The third kappa shape index (κ3) is 4.37. The molecule has 0 heterocycles. The number of rotatable bonds is 5. The van der Waals surface area contributed by atoms with Crippen LogP contribution >= 0.6 is 0 Å². The average molecular weight is 277 g/mol. The summed E-state index contributed by atoms with van der Waals surface area (Å²) in [6.07, 6.45) is 0.302. The number of benzene rings is 1. The van der Waals surface area contributed by atoms with Crippen LogP contribution < -0.4 is 0 Å². The number of nitrogens with zero attached hydrogens (tertiary/aromatic N) is 1. The van der Waals surface area contributed by atoms with Crippen molar-refractivity contribution >= 4 is 11.9 Å². The molecule has 0 spiro atoms. The molecule has 0 saturated carbocycles. The van der Waals surface area contributed by atoms with Crippen molar-refractivity contribution < 1.29 is 14.3 Å². The zero-order valence-corrected chi connectivity index (χ0v) is 12.9. The zero-order chi connectivity index (χ0) is 15.3. The second-order valence-electron chi connectivity index (χ2n) is 5.29. The summed E-state index contributed by atoms with van der Waals surface area (Å²) in [5.41, 5.74) is 3.34. The molecule has 0 aliphatic carbocycles. The fraction of sp³-hybridized carbons (Fsp3) is 0.500. The van der Waals surface area contributed by atoms with E-state index in [2.05, 4.69) is 4.74 Å². The fourth-order valence-electron chi connectivity index (χ4n) is 1.95. The Bertz CT molecular complexity index is 494. The van der Waals surface area contributed by atoms with Gasteiger partial charge in [-0.1, -0.05) is 18.2 Å². The molecule has 0 N–H and O–H groups in total. The quantitative estimate of drug-likeness (QED) is 0.776. The van der Waals surface area contributed by atoms with Gasteiger partial charge in [-0.15, -0.1) is 0 Å². The van der Waals surface area contributed by atoms with E-state index in [9.17, 15) is 9.59 Å². The minimum absolute atomic E-state index is 0.00214. The molecule has 0 atom stereocenters. The lowest BCUT2D eigenvalue weighted by atomic mass is 10.0. The molecule has 0 unspecified atom stereocenters. The summed E-state index contributed by atoms with van der Waals surface area (Å²) in [6.45, 7) is 7.84. The molecule has 110 valence electrons. The Hall–Kier alpha value is -1.84. The molecule has 0 bridgehead atoms. The highest BCUT2D eigenvalue weighted by atomic mass is 16.5. The Morgan fingerprint density at radius 1 is 1.20 bits per heavy atom. The van der Waals surface area contributed by atoms with Crippen LogP contribution in [0.5, 0.6) is 0 Å².